The van der Waals surface area contributed by atoms with Gasteiger partial charge in [-0.05, 0) is 76.4 Å². The molecular weight excluding hydrogens is 272 g/mol. The van der Waals surface area contributed by atoms with E-state index in [1.807, 2.05) is 0 Å². The Balaban J connectivity index is 1.84. The highest BCUT2D eigenvalue weighted by atomic mass is 16.4. The molecular formula is C19H30N2O. The number of nitrogens with zero attached hydrogens (tertiary/aromatic N) is 2. The van der Waals surface area contributed by atoms with E-state index in [0.717, 1.165) is 12.3 Å². The van der Waals surface area contributed by atoms with Crippen LogP contribution in [0.1, 0.15) is 44.1 Å². The molecule has 1 unspecified atom stereocenters. The molecule has 3 heteroatoms. The van der Waals surface area contributed by atoms with Crippen molar-refractivity contribution in [3.05, 3.63) is 35.9 Å². The molecule has 0 radical (unpaired) electrons. The quantitative estimate of drug-likeness (QED) is 0.465. The minimum atomic E-state index is 0.674. The largest absolute Gasteiger partial charge is 0.411 e. The van der Waals surface area contributed by atoms with Gasteiger partial charge in [0, 0.05) is 12.3 Å². The van der Waals surface area contributed by atoms with Crippen molar-refractivity contribution in [2.24, 2.45) is 17.0 Å². The number of benzene rings is 1. The first kappa shape index (κ1) is 17.0. The van der Waals surface area contributed by atoms with Gasteiger partial charge in [0.05, 0.1) is 0 Å². The first-order chi connectivity index (χ1) is 10.7. The molecule has 1 aromatic carbocycles. The first-order valence-corrected chi connectivity index (χ1v) is 8.57. The van der Waals surface area contributed by atoms with Crippen LogP contribution in [0.3, 0.4) is 0 Å². The van der Waals surface area contributed by atoms with Gasteiger partial charge in [-0.2, -0.15) is 0 Å². The molecule has 1 aromatic rings. The van der Waals surface area contributed by atoms with Crippen LogP contribution in [0.25, 0.3) is 0 Å². The highest BCUT2D eigenvalue weighted by molar-refractivity contribution is 5.56. The average molecular weight is 302 g/mol. The van der Waals surface area contributed by atoms with E-state index in [4.69, 9.17) is 5.21 Å². The molecule has 0 aromatic heterocycles. The second-order valence-corrected chi connectivity index (χ2v) is 6.87. The van der Waals surface area contributed by atoms with Gasteiger partial charge in [0.2, 0.25) is 0 Å². The summed E-state index contributed by atoms with van der Waals surface area (Å²) in [5.74, 6) is 1.52. The monoisotopic (exact) mass is 302 g/mol. The summed E-state index contributed by atoms with van der Waals surface area (Å²) in [4.78, 5) is 2.42. The van der Waals surface area contributed by atoms with Crippen molar-refractivity contribution < 1.29 is 5.21 Å². The predicted octanol–water partition coefficient (Wildman–Crippen LogP) is 4.21. The molecule has 0 heterocycles. The minimum absolute atomic E-state index is 0.674. The zero-order valence-electron chi connectivity index (χ0n) is 14.0. The number of hydrogen-bond acceptors (Lipinski definition) is 3. The van der Waals surface area contributed by atoms with Crippen LogP contribution < -0.4 is 0 Å². The van der Waals surface area contributed by atoms with Gasteiger partial charge >= 0.3 is 0 Å². The zero-order chi connectivity index (χ0) is 15.8. The molecule has 3 nitrogen and oxygen atoms in total. The van der Waals surface area contributed by atoms with Gasteiger partial charge in [-0.25, -0.2) is 0 Å². The Hall–Kier alpha value is -1.35. The summed E-state index contributed by atoms with van der Waals surface area (Å²) >= 11 is 0. The van der Waals surface area contributed by atoms with E-state index in [-0.39, 0.29) is 0 Å². The van der Waals surface area contributed by atoms with Crippen LogP contribution in [0.4, 0.5) is 0 Å². The van der Waals surface area contributed by atoms with Gasteiger partial charge in [-0.3, -0.25) is 0 Å². The van der Waals surface area contributed by atoms with Gasteiger partial charge in [-0.15, -0.1) is 5.16 Å². The summed E-state index contributed by atoms with van der Waals surface area (Å²) < 4.78 is 0. The van der Waals surface area contributed by atoms with Crippen LogP contribution in [0.2, 0.25) is 0 Å². The van der Waals surface area contributed by atoms with E-state index in [0.29, 0.717) is 12.0 Å². The Morgan fingerprint density at radius 1 is 1.18 bits per heavy atom. The van der Waals surface area contributed by atoms with Crippen molar-refractivity contribution in [3.8, 4) is 0 Å². The molecule has 0 saturated heterocycles. The first-order valence-electron chi connectivity index (χ1n) is 8.57. The fourth-order valence-electron chi connectivity index (χ4n) is 3.88. The molecule has 122 valence electrons. The Morgan fingerprint density at radius 2 is 1.86 bits per heavy atom. The van der Waals surface area contributed by atoms with Crippen molar-refractivity contribution in [2.45, 2.75) is 51.0 Å². The van der Waals surface area contributed by atoms with Crippen molar-refractivity contribution in [1.82, 2.24) is 4.90 Å². The Bertz CT molecular complexity index is 436. The predicted molar refractivity (Wildman–Crippen MR) is 92.6 cm³/mol. The molecule has 1 atom stereocenters. The molecule has 1 saturated carbocycles. The fourth-order valence-corrected chi connectivity index (χ4v) is 3.88. The van der Waals surface area contributed by atoms with Crippen LogP contribution in [-0.2, 0) is 6.42 Å². The highest BCUT2D eigenvalue weighted by Crippen LogP contribution is 2.34. The van der Waals surface area contributed by atoms with Crippen molar-refractivity contribution in [3.63, 3.8) is 0 Å². The third kappa shape index (κ3) is 5.13. The van der Waals surface area contributed by atoms with Crippen LogP contribution >= 0.6 is 0 Å². The molecule has 22 heavy (non-hydrogen) atoms. The second kappa shape index (κ2) is 8.94. The van der Waals surface area contributed by atoms with Crippen LogP contribution in [0, 0.1) is 11.8 Å². The third-order valence-electron chi connectivity index (χ3n) is 5.19. The number of hydrogen-bond donors (Lipinski definition) is 1. The third-order valence-corrected chi connectivity index (χ3v) is 5.19. The Kier molecular flexibility index (Phi) is 6.91. The summed E-state index contributed by atoms with van der Waals surface area (Å²) in [5, 5.41) is 11.7. The molecule has 1 fully saturated rings. The van der Waals surface area contributed by atoms with Gasteiger partial charge < -0.3 is 10.1 Å². The maximum absolute atomic E-state index is 8.55. The van der Waals surface area contributed by atoms with Crippen molar-refractivity contribution in [1.29, 1.82) is 0 Å². The van der Waals surface area contributed by atoms with E-state index in [1.54, 1.807) is 6.21 Å². The SMILES string of the molecule is CN(C)C(CCc1ccccc1)C1CCC(CC=NO)CC1. The fraction of sp³-hybridized carbons (Fsp3) is 0.632. The van der Waals surface area contributed by atoms with Crippen LogP contribution in [0.15, 0.2) is 35.5 Å². The molecule has 0 spiro atoms. The lowest BCUT2D eigenvalue weighted by atomic mass is 9.76. The van der Waals surface area contributed by atoms with Crippen LogP contribution in [-0.4, -0.2) is 36.5 Å². The van der Waals surface area contributed by atoms with Gasteiger partial charge in [0.15, 0.2) is 0 Å². The topological polar surface area (TPSA) is 35.8 Å². The molecule has 0 aliphatic heterocycles. The second-order valence-electron chi connectivity index (χ2n) is 6.87. The summed E-state index contributed by atoms with van der Waals surface area (Å²) in [7, 11) is 4.44. The molecule has 1 aliphatic carbocycles. The van der Waals surface area contributed by atoms with E-state index >= 15 is 0 Å². The van der Waals surface area contributed by atoms with Gasteiger partial charge in [0.25, 0.3) is 0 Å². The average Bonchev–Trinajstić information content (AvgIpc) is 2.55. The van der Waals surface area contributed by atoms with Gasteiger partial charge in [-0.1, -0.05) is 30.3 Å². The van der Waals surface area contributed by atoms with E-state index in [9.17, 15) is 0 Å². The molecule has 2 rings (SSSR count). The normalized spacial score (nSPS) is 24.0. The molecule has 1 aliphatic rings. The minimum Gasteiger partial charge on any atom is -0.411 e. The molecule has 0 amide bonds. The lowest BCUT2D eigenvalue weighted by Gasteiger charge is -2.37. The summed E-state index contributed by atoms with van der Waals surface area (Å²) in [6, 6.07) is 11.5. The maximum Gasteiger partial charge on any atom is 0.0438 e. The van der Waals surface area contributed by atoms with Gasteiger partial charge in [0.1, 0.15) is 0 Å². The van der Waals surface area contributed by atoms with E-state index in [2.05, 4.69) is 54.5 Å². The smallest absolute Gasteiger partial charge is 0.0438 e. The summed E-state index contributed by atoms with van der Waals surface area (Å²) in [6.07, 6.45) is 10.1. The van der Waals surface area contributed by atoms with Crippen molar-refractivity contribution in [2.75, 3.05) is 14.1 Å². The molecule has 1 N–H and O–H groups in total. The lowest BCUT2D eigenvalue weighted by molar-refractivity contribution is 0.142. The number of rotatable bonds is 7. The van der Waals surface area contributed by atoms with E-state index in [1.165, 1.54) is 44.1 Å². The van der Waals surface area contributed by atoms with Crippen LogP contribution in [0.5, 0.6) is 0 Å². The number of oxime groups is 1. The maximum atomic E-state index is 8.55. The highest BCUT2D eigenvalue weighted by Gasteiger charge is 2.28. The Morgan fingerprint density at radius 3 is 2.45 bits per heavy atom. The summed E-state index contributed by atoms with van der Waals surface area (Å²) in [5.41, 5.74) is 1.45. The molecule has 0 bridgehead atoms. The number of aryl methyl sites for hydroxylation is 1. The van der Waals surface area contributed by atoms with Crippen molar-refractivity contribution >= 4 is 6.21 Å². The zero-order valence-corrected chi connectivity index (χ0v) is 14.0. The Labute approximate surface area is 135 Å². The van der Waals surface area contributed by atoms with E-state index < -0.39 is 0 Å². The summed E-state index contributed by atoms with van der Waals surface area (Å²) in [6.45, 7) is 0. The standard InChI is InChI=1S/C19H30N2O/c1-21(2)19(13-10-16-6-4-3-5-7-16)18-11-8-17(9-12-18)14-15-20-22/h3-7,15,17-19,22H,8-14H2,1-2H3. The lowest BCUT2D eigenvalue weighted by Crippen LogP contribution is -2.37.